The van der Waals surface area contributed by atoms with Gasteiger partial charge in [0.2, 0.25) is 29.5 Å². The molecule has 210 valence electrons. The number of aliphatic hydroxyl groups is 2. The minimum Gasteiger partial charge on any atom is -0.481 e. The third kappa shape index (κ3) is 13.2. The van der Waals surface area contributed by atoms with Gasteiger partial charge in [-0.1, -0.05) is 13.8 Å². The van der Waals surface area contributed by atoms with Crippen LogP contribution in [0.4, 0.5) is 0 Å². The van der Waals surface area contributed by atoms with Crippen LogP contribution in [0, 0.1) is 5.92 Å². The molecule has 0 saturated carbocycles. The zero-order valence-electron chi connectivity index (χ0n) is 20.4. The Morgan fingerprint density at radius 3 is 1.68 bits per heavy atom. The molecule has 17 nitrogen and oxygen atoms in total. The summed E-state index contributed by atoms with van der Waals surface area (Å²) in [5.74, 6) is -7.53. The first-order valence-electron chi connectivity index (χ1n) is 11.1. The summed E-state index contributed by atoms with van der Waals surface area (Å²) in [6, 6.07) is -5.36. The summed E-state index contributed by atoms with van der Waals surface area (Å²) < 4.78 is 0. The number of carbonyl (C=O) groups is 7. The molecule has 0 aromatic carbocycles. The number of nitrogens with one attached hydrogen (secondary N) is 5. The number of hydrogen-bond acceptors (Lipinski definition) is 10. The van der Waals surface area contributed by atoms with Gasteiger partial charge in [-0.3, -0.25) is 28.8 Å². The lowest BCUT2D eigenvalue weighted by atomic mass is 10.0. The Labute approximate surface area is 211 Å². The van der Waals surface area contributed by atoms with E-state index < -0.39 is 104 Å². The van der Waals surface area contributed by atoms with Gasteiger partial charge in [0, 0.05) is 6.42 Å². The van der Waals surface area contributed by atoms with E-state index in [4.69, 9.17) is 21.1 Å². The molecule has 0 aromatic heterocycles. The van der Waals surface area contributed by atoms with Gasteiger partial charge >= 0.3 is 11.9 Å². The van der Waals surface area contributed by atoms with Crippen LogP contribution in [0.5, 0.6) is 0 Å². The second-order valence-electron chi connectivity index (χ2n) is 8.15. The number of aliphatic carboxylic acids is 2. The number of amides is 5. The average molecular weight is 535 g/mol. The predicted octanol–water partition coefficient (Wildman–Crippen LogP) is -5.41. The zero-order valence-corrected chi connectivity index (χ0v) is 20.4. The largest absolute Gasteiger partial charge is 0.481 e. The Balaban J connectivity index is 4.77. The van der Waals surface area contributed by atoms with E-state index in [9.17, 15) is 38.7 Å². The molecule has 0 aliphatic rings. The van der Waals surface area contributed by atoms with E-state index in [1.54, 1.807) is 13.8 Å². The molecule has 17 heteroatoms. The van der Waals surface area contributed by atoms with E-state index in [1.165, 1.54) is 0 Å². The quantitative estimate of drug-likeness (QED) is 0.0836. The molecule has 0 fully saturated rings. The Hall–Kier alpha value is -3.83. The molecule has 0 heterocycles. The maximum absolute atomic E-state index is 12.4. The number of aliphatic hydroxyl groups excluding tert-OH is 2. The van der Waals surface area contributed by atoms with Crippen LogP contribution in [0.25, 0.3) is 0 Å². The lowest BCUT2D eigenvalue weighted by molar-refractivity contribution is -0.143. The highest BCUT2D eigenvalue weighted by Gasteiger charge is 2.27. The van der Waals surface area contributed by atoms with Crippen LogP contribution in [0.1, 0.15) is 26.7 Å². The molecule has 0 saturated heterocycles. The van der Waals surface area contributed by atoms with Gasteiger partial charge in [-0.15, -0.1) is 0 Å². The van der Waals surface area contributed by atoms with Crippen LogP contribution in [-0.2, 0) is 33.6 Å². The molecule has 0 rings (SSSR count). The Bertz CT molecular complexity index is 851. The van der Waals surface area contributed by atoms with Gasteiger partial charge in [0.15, 0.2) is 0 Å². The normalized spacial score (nSPS) is 13.9. The summed E-state index contributed by atoms with van der Waals surface area (Å²) in [4.78, 5) is 82.1. The molecule has 0 aliphatic heterocycles. The summed E-state index contributed by atoms with van der Waals surface area (Å²) >= 11 is 0. The third-order valence-electron chi connectivity index (χ3n) is 4.74. The van der Waals surface area contributed by atoms with Crippen molar-refractivity contribution >= 4 is 41.5 Å². The first kappa shape index (κ1) is 33.2. The van der Waals surface area contributed by atoms with Gasteiger partial charge in [0.25, 0.3) is 0 Å². The van der Waals surface area contributed by atoms with Crippen LogP contribution in [-0.4, -0.2) is 112 Å². The van der Waals surface area contributed by atoms with Crippen molar-refractivity contribution in [2.75, 3.05) is 26.3 Å². The number of hydrogen-bond donors (Lipinski definition) is 10. The first-order chi connectivity index (χ1) is 17.2. The summed E-state index contributed by atoms with van der Waals surface area (Å²) in [6.07, 6.45) is -0.903. The van der Waals surface area contributed by atoms with Crippen molar-refractivity contribution in [3.05, 3.63) is 0 Å². The zero-order chi connectivity index (χ0) is 28.7. The third-order valence-corrected chi connectivity index (χ3v) is 4.74. The fraction of sp³-hybridized carbons (Fsp3) is 0.650. The highest BCUT2D eigenvalue weighted by atomic mass is 16.4. The van der Waals surface area contributed by atoms with Crippen LogP contribution >= 0.6 is 0 Å². The molecule has 0 spiro atoms. The molecule has 0 bridgehead atoms. The van der Waals surface area contributed by atoms with Gasteiger partial charge in [-0.25, -0.2) is 4.79 Å². The minimum absolute atomic E-state index is 0.388. The van der Waals surface area contributed by atoms with E-state index in [2.05, 4.69) is 21.3 Å². The molecule has 0 unspecified atom stereocenters. The van der Waals surface area contributed by atoms with Gasteiger partial charge < -0.3 is 52.7 Å². The van der Waals surface area contributed by atoms with Crippen molar-refractivity contribution in [3.8, 4) is 0 Å². The van der Waals surface area contributed by atoms with Crippen molar-refractivity contribution in [2.45, 2.75) is 50.9 Å². The summed E-state index contributed by atoms with van der Waals surface area (Å²) in [5.41, 5.74) is 5.40. The average Bonchev–Trinajstić information content (AvgIpc) is 2.83. The highest BCUT2D eigenvalue weighted by molar-refractivity contribution is 5.94. The van der Waals surface area contributed by atoms with Crippen LogP contribution in [0.2, 0.25) is 0 Å². The van der Waals surface area contributed by atoms with E-state index in [1.807, 2.05) is 5.32 Å². The smallest absolute Gasteiger partial charge is 0.326 e. The summed E-state index contributed by atoms with van der Waals surface area (Å²) in [6.45, 7) is 0.331. The van der Waals surface area contributed by atoms with Gasteiger partial charge in [-0.2, -0.15) is 0 Å². The second kappa shape index (κ2) is 16.8. The predicted molar refractivity (Wildman–Crippen MR) is 123 cm³/mol. The van der Waals surface area contributed by atoms with Crippen LogP contribution in [0.3, 0.4) is 0 Å². The topological polar surface area (TPSA) is 287 Å². The summed E-state index contributed by atoms with van der Waals surface area (Å²) in [7, 11) is 0. The fourth-order valence-electron chi connectivity index (χ4n) is 2.66. The van der Waals surface area contributed by atoms with Gasteiger partial charge in [0.1, 0.15) is 24.2 Å². The lowest BCUT2D eigenvalue weighted by Gasteiger charge is -2.23. The Kier molecular flexibility index (Phi) is 15.0. The number of nitrogens with two attached hydrogens (primary N) is 1. The van der Waals surface area contributed by atoms with Crippen LogP contribution in [0.15, 0.2) is 0 Å². The van der Waals surface area contributed by atoms with E-state index in [-0.39, 0.29) is 6.42 Å². The second-order valence-corrected chi connectivity index (χ2v) is 8.15. The Morgan fingerprint density at radius 2 is 1.24 bits per heavy atom. The maximum atomic E-state index is 12.4. The highest BCUT2D eigenvalue weighted by Crippen LogP contribution is 2.02. The monoisotopic (exact) mass is 534 g/mol. The molecule has 5 amide bonds. The molecule has 37 heavy (non-hydrogen) atoms. The van der Waals surface area contributed by atoms with Crippen LogP contribution < -0.4 is 32.3 Å². The number of carboxylic acids is 2. The number of carboxylic acid groups (broad SMARTS) is 2. The minimum atomic E-state index is -1.53. The van der Waals surface area contributed by atoms with Gasteiger partial charge in [0.05, 0.1) is 26.3 Å². The maximum Gasteiger partial charge on any atom is 0.326 e. The lowest BCUT2D eigenvalue weighted by Crippen LogP contribution is -2.56. The van der Waals surface area contributed by atoms with Crippen molar-refractivity contribution in [2.24, 2.45) is 11.7 Å². The van der Waals surface area contributed by atoms with E-state index >= 15 is 0 Å². The van der Waals surface area contributed by atoms with Crippen molar-refractivity contribution in [1.29, 1.82) is 0 Å². The standard InChI is InChI=1S/C20H34N6O11/c1-9(2)16(26-17(33)10(21)7-27)19(35)23-6-14(30)25-12(8-28)18(34)22-5-13(29)24-11(20(36)37)3-4-15(31)32/h9-12,16,27-28H,3-8,21H2,1-2H3,(H,22,34)(H,23,35)(H,24,29)(H,25,30)(H,26,33)(H,31,32)(H,36,37)/t10-,11-,12-,16-/m0/s1. The Morgan fingerprint density at radius 1 is 0.730 bits per heavy atom. The number of carbonyl (C=O) groups excluding carboxylic acids is 5. The molecular formula is C20H34N6O11. The van der Waals surface area contributed by atoms with E-state index in [0.717, 1.165) is 0 Å². The van der Waals surface area contributed by atoms with Crippen molar-refractivity contribution < 1.29 is 54.0 Å². The molecule has 11 N–H and O–H groups in total. The van der Waals surface area contributed by atoms with Crippen molar-refractivity contribution in [1.82, 2.24) is 26.6 Å². The van der Waals surface area contributed by atoms with Gasteiger partial charge in [-0.05, 0) is 12.3 Å². The number of rotatable bonds is 17. The van der Waals surface area contributed by atoms with E-state index in [0.29, 0.717) is 0 Å². The summed E-state index contributed by atoms with van der Waals surface area (Å²) in [5, 5.41) is 46.8. The van der Waals surface area contributed by atoms with Crippen molar-refractivity contribution in [3.63, 3.8) is 0 Å². The molecule has 0 aromatic rings. The first-order valence-corrected chi connectivity index (χ1v) is 11.1. The molecule has 0 radical (unpaired) electrons. The fourth-order valence-corrected chi connectivity index (χ4v) is 2.66. The molecule has 0 aliphatic carbocycles. The molecular weight excluding hydrogens is 500 g/mol. The molecule has 4 atom stereocenters. The SMILES string of the molecule is CC(C)[C@H](NC(=O)[C@@H](N)CO)C(=O)NCC(=O)N[C@@H](CO)C(=O)NCC(=O)N[C@@H](CCC(=O)O)C(=O)O.